The highest BCUT2D eigenvalue weighted by Gasteiger charge is 2.30. The lowest BCUT2D eigenvalue weighted by Crippen LogP contribution is -2.46. The van der Waals surface area contributed by atoms with E-state index in [1.807, 2.05) is 0 Å². The van der Waals surface area contributed by atoms with Crippen LogP contribution in [0.1, 0.15) is 77.6 Å². The van der Waals surface area contributed by atoms with Crippen LogP contribution >= 0.6 is 0 Å². The van der Waals surface area contributed by atoms with E-state index in [9.17, 15) is 9.59 Å². The fourth-order valence-electron chi connectivity index (χ4n) is 4.03. The van der Waals surface area contributed by atoms with Crippen molar-refractivity contribution in [2.75, 3.05) is 6.54 Å². The number of nitrogens with two attached hydrogens (primary N) is 1. The quantitative estimate of drug-likeness (QED) is 0.636. The van der Waals surface area contributed by atoms with E-state index in [1.165, 1.54) is 12.8 Å². The van der Waals surface area contributed by atoms with Gasteiger partial charge in [0.15, 0.2) is 0 Å². The Balaban J connectivity index is 1.69. The predicted molar refractivity (Wildman–Crippen MR) is 96.4 cm³/mol. The minimum atomic E-state index is 0.0836. The average molecular weight is 338 g/mol. The van der Waals surface area contributed by atoms with Crippen molar-refractivity contribution in [2.24, 2.45) is 17.6 Å². The van der Waals surface area contributed by atoms with Crippen LogP contribution in [0.2, 0.25) is 0 Å². The lowest BCUT2D eigenvalue weighted by molar-refractivity contribution is -0.127. The molecule has 2 saturated carbocycles. The summed E-state index contributed by atoms with van der Waals surface area (Å²) >= 11 is 0. The van der Waals surface area contributed by atoms with E-state index < -0.39 is 0 Å². The summed E-state index contributed by atoms with van der Waals surface area (Å²) in [7, 11) is 0. The Labute approximate surface area is 146 Å². The van der Waals surface area contributed by atoms with Gasteiger partial charge in [-0.1, -0.05) is 32.6 Å². The van der Waals surface area contributed by atoms with Crippen LogP contribution in [0.3, 0.4) is 0 Å². The molecule has 0 aliphatic heterocycles. The van der Waals surface area contributed by atoms with Crippen LogP contribution in [0.5, 0.6) is 0 Å². The maximum atomic E-state index is 12.4. The molecule has 0 aromatic heterocycles. The molecule has 138 valence electrons. The summed E-state index contributed by atoms with van der Waals surface area (Å²) < 4.78 is 0. The van der Waals surface area contributed by atoms with E-state index >= 15 is 0 Å². The first-order valence-electron chi connectivity index (χ1n) is 9.94. The van der Waals surface area contributed by atoms with Crippen molar-refractivity contribution in [1.29, 1.82) is 0 Å². The number of carbonyl (C=O) groups is 2. The highest BCUT2D eigenvalue weighted by molar-refractivity contribution is 5.80. The molecule has 4 N–H and O–H groups in total. The van der Waals surface area contributed by atoms with Gasteiger partial charge in [0.05, 0.1) is 0 Å². The second-order valence-electron chi connectivity index (χ2n) is 7.62. The lowest BCUT2D eigenvalue weighted by atomic mass is 9.85. The van der Waals surface area contributed by atoms with E-state index in [4.69, 9.17) is 5.73 Å². The van der Waals surface area contributed by atoms with Crippen molar-refractivity contribution in [3.05, 3.63) is 0 Å². The molecule has 0 heterocycles. The normalized spacial score (nSPS) is 26.1. The van der Waals surface area contributed by atoms with Gasteiger partial charge in [-0.05, 0) is 44.9 Å². The molecule has 2 amide bonds. The molecule has 5 nitrogen and oxygen atoms in total. The molecule has 1 unspecified atom stereocenters. The van der Waals surface area contributed by atoms with Gasteiger partial charge in [-0.15, -0.1) is 0 Å². The third-order valence-corrected chi connectivity index (χ3v) is 5.71. The average Bonchev–Trinajstić information content (AvgIpc) is 3.13. The van der Waals surface area contributed by atoms with Crippen molar-refractivity contribution >= 4 is 11.8 Å². The molecule has 0 bridgehead atoms. The van der Waals surface area contributed by atoms with Gasteiger partial charge in [0.2, 0.25) is 11.8 Å². The summed E-state index contributed by atoms with van der Waals surface area (Å²) in [6.07, 6.45) is 11.2. The highest BCUT2D eigenvalue weighted by Crippen LogP contribution is 2.28. The van der Waals surface area contributed by atoms with Crippen LogP contribution in [0, 0.1) is 11.8 Å². The maximum Gasteiger partial charge on any atom is 0.223 e. The summed E-state index contributed by atoms with van der Waals surface area (Å²) in [4.78, 5) is 24.6. The number of unbranched alkanes of at least 4 members (excludes halogenated alkanes) is 1. The van der Waals surface area contributed by atoms with Crippen LogP contribution in [-0.4, -0.2) is 30.4 Å². The van der Waals surface area contributed by atoms with Gasteiger partial charge in [0.25, 0.3) is 0 Å². The third-order valence-electron chi connectivity index (χ3n) is 5.71. The van der Waals surface area contributed by atoms with Crippen LogP contribution in [-0.2, 0) is 9.59 Å². The van der Waals surface area contributed by atoms with E-state index in [0.29, 0.717) is 6.54 Å². The van der Waals surface area contributed by atoms with Gasteiger partial charge in [-0.25, -0.2) is 0 Å². The van der Waals surface area contributed by atoms with Crippen molar-refractivity contribution in [2.45, 2.75) is 89.6 Å². The summed E-state index contributed by atoms with van der Waals surface area (Å²) in [6, 6.07) is 0.366. The zero-order valence-corrected chi connectivity index (χ0v) is 15.2. The number of amides is 2. The Morgan fingerprint density at radius 2 is 1.62 bits per heavy atom. The molecule has 1 atom stereocenters. The van der Waals surface area contributed by atoms with E-state index in [1.54, 1.807) is 0 Å². The van der Waals surface area contributed by atoms with Crippen LogP contribution < -0.4 is 16.4 Å². The molecule has 2 fully saturated rings. The standard InChI is InChI=1S/C19H35N3O2/c1-2-3-8-17(13-20)22-19(24)15-9-11-16(12-10-15)21-18(23)14-6-4-5-7-14/h14-17H,2-13,20H2,1H3,(H,21,23)(H,22,24). The van der Waals surface area contributed by atoms with Gasteiger partial charge in [0.1, 0.15) is 0 Å². The number of hydrogen-bond acceptors (Lipinski definition) is 3. The fraction of sp³-hybridized carbons (Fsp3) is 0.895. The van der Waals surface area contributed by atoms with Crippen molar-refractivity contribution < 1.29 is 9.59 Å². The molecule has 2 aliphatic carbocycles. The Hall–Kier alpha value is -1.10. The van der Waals surface area contributed by atoms with E-state index in [2.05, 4.69) is 17.6 Å². The Morgan fingerprint density at radius 1 is 1.00 bits per heavy atom. The first-order chi connectivity index (χ1) is 11.6. The Kier molecular flexibility index (Phi) is 8.03. The molecular weight excluding hydrogens is 302 g/mol. The first kappa shape index (κ1) is 19.2. The summed E-state index contributed by atoms with van der Waals surface area (Å²) in [5, 5.41) is 6.33. The monoisotopic (exact) mass is 337 g/mol. The van der Waals surface area contributed by atoms with Crippen molar-refractivity contribution in [1.82, 2.24) is 10.6 Å². The fourth-order valence-corrected chi connectivity index (χ4v) is 4.03. The minimum absolute atomic E-state index is 0.0836. The topological polar surface area (TPSA) is 84.2 Å². The molecule has 0 saturated heterocycles. The van der Waals surface area contributed by atoms with Crippen molar-refractivity contribution in [3.63, 3.8) is 0 Å². The maximum absolute atomic E-state index is 12.4. The second-order valence-corrected chi connectivity index (χ2v) is 7.62. The highest BCUT2D eigenvalue weighted by atomic mass is 16.2. The number of carbonyl (C=O) groups excluding carboxylic acids is 2. The van der Waals surface area contributed by atoms with E-state index in [0.717, 1.165) is 57.8 Å². The summed E-state index contributed by atoms with van der Waals surface area (Å²) in [5.74, 6) is 0.709. The molecule has 0 radical (unpaired) electrons. The van der Waals surface area contributed by atoms with E-state index in [-0.39, 0.29) is 35.7 Å². The van der Waals surface area contributed by atoms with Gasteiger partial charge in [-0.2, -0.15) is 0 Å². The molecular formula is C19H35N3O2. The Morgan fingerprint density at radius 3 is 2.21 bits per heavy atom. The van der Waals surface area contributed by atoms with Crippen molar-refractivity contribution in [3.8, 4) is 0 Å². The largest absolute Gasteiger partial charge is 0.353 e. The number of nitrogens with one attached hydrogen (secondary N) is 2. The lowest BCUT2D eigenvalue weighted by Gasteiger charge is -2.30. The molecule has 5 heteroatoms. The molecule has 0 aromatic carbocycles. The molecule has 2 rings (SSSR count). The summed E-state index contributed by atoms with van der Waals surface area (Å²) in [6.45, 7) is 2.66. The van der Waals surface area contributed by atoms with Gasteiger partial charge >= 0.3 is 0 Å². The number of hydrogen-bond donors (Lipinski definition) is 3. The predicted octanol–water partition coefficient (Wildman–Crippen LogP) is 2.49. The number of rotatable bonds is 8. The van der Waals surface area contributed by atoms with Gasteiger partial charge < -0.3 is 16.4 Å². The first-order valence-corrected chi connectivity index (χ1v) is 9.94. The minimum Gasteiger partial charge on any atom is -0.353 e. The molecule has 0 spiro atoms. The molecule has 0 aromatic rings. The third kappa shape index (κ3) is 5.76. The molecule has 24 heavy (non-hydrogen) atoms. The zero-order valence-electron chi connectivity index (χ0n) is 15.2. The smallest absolute Gasteiger partial charge is 0.223 e. The van der Waals surface area contributed by atoms with Crippen LogP contribution in [0.15, 0.2) is 0 Å². The van der Waals surface area contributed by atoms with Gasteiger partial charge in [-0.3, -0.25) is 9.59 Å². The second kappa shape index (κ2) is 10.0. The SMILES string of the molecule is CCCCC(CN)NC(=O)C1CCC(NC(=O)C2CCCC2)CC1. The van der Waals surface area contributed by atoms with Gasteiger partial charge in [0, 0.05) is 30.5 Å². The zero-order chi connectivity index (χ0) is 17.4. The molecule has 2 aliphatic rings. The van der Waals surface area contributed by atoms with Crippen LogP contribution in [0.25, 0.3) is 0 Å². The summed E-state index contributed by atoms with van der Waals surface area (Å²) in [5.41, 5.74) is 5.77. The Bertz CT molecular complexity index is 399. The van der Waals surface area contributed by atoms with Crippen LogP contribution in [0.4, 0.5) is 0 Å².